The van der Waals surface area contributed by atoms with Gasteiger partial charge in [-0.3, -0.25) is 0 Å². The van der Waals surface area contributed by atoms with Gasteiger partial charge in [-0.1, -0.05) is 6.07 Å². The first-order valence-electron chi connectivity index (χ1n) is 11.5. The topological polar surface area (TPSA) is 85.4 Å². The molecule has 2 aliphatic rings. The van der Waals surface area contributed by atoms with Crippen LogP contribution in [0.3, 0.4) is 0 Å². The minimum atomic E-state index is -3.76. The summed E-state index contributed by atoms with van der Waals surface area (Å²) < 4.78 is 41.8. The molecule has 2 heterocycles. The summed E-state index contributed by atoms with van der Waals surface area (Å²) in [7, 11) is 1.20. The highest BCUT2D eigenvalue weighted by Crippen LogP contribution is 2.37. The summed E-state index contributed by atoms with van der Waals surface area (Å²) in [6, 6.07) is 3.66. The van der Waals surface area contributed by atoms with Crippen LogP contribution in [-0.4, -0.2) is 69.5 Å². The molecule has 34 heavy (non-hydrogen) atoms. The van der Waals surface area contributed by atoms with Crippen molar-refractivity contribution in [3.05, 3.63) is 23.3 Å². The van der Waals surface area contributed by atoms with E-state index in [-0.39, 0.29) is 11.8 Å². The molecule has 1 aromatic rings. The molecule has 0 aromatic heterocycles. The van der Waals surface area contributed by atoms with Crippen LogP contribution in [0, 0.1) is 6.92 Å². The number of hydrogen-bond donors (Lipinski definition) is 0. The maximum Gasteiger partial charge on any atom is 0.495 e. The van der Waals surface area contributed by atoms with Crippen molar-refractivity contribution in [1.29, 1.82) is 0 Å². The van der Waals surface area contributed by atoms with Crippen LogP contribution in [0.5, 0.6) is 0 Å². The first kappa shape index (κ1) is 27.1. The lowest BCUT2D eigenvalue weighted by Gasteiger charge is -2.38. The molecule has 3 rings (SSSR count). The zero-order valence-corrected chi connectivity index (χ0v) is 23.0. The van der Waals surface area contributed by atoms with E-state index in [9.17, 15) is 13.2 Å². The number of amides is 1. The molecular formula is C23H36BClN2O6S. The molecule has 0 bridgehead atoms. The van der Waals surface area contributed by atoms with Gasteiger partial charge >= 0.3 is 13.2 Å². The molecular weight excluding hydrogens is 479 g/mol. The second-order valence-corrected chi connectivity index (χ2v) is 13.8. The third-order valence-corrected chi connectivity index (χ3v) is 7.60. The molecule has 0 radical (unpaired) electrons. The van der Waals surface area contributed by atoms with Crippen LogP contribution in [-0.2, 0) is 28.8 Å². The van der Waals surface area contributed by atoms with Gasteiger partial charge in [-0.15, -0.1) is 0 Å². The molecule has 0 unspecified atom stereocenters. The summed E-state index contributed by atoms with van der Waals surface area (Å²) in [6.45, 7) is 17.6. The van der Waals surface area contributed by atoms with Gasteiger partial charge in [0.25, 0.3) is 0 Å². The van der Waals surface area contributed by atoms with Crippen molar-refractivity contribution in [2.24, 2.45) is 0 Å². The molecule has 2 fully saturated rings. The van der Waals surface area contributed by atoms with E-state index in [1.54, 1.807) is 11.0 Å². The summed E-state index contributed by atoms with van der Waals surface area (Å²) in [5, 5.41) is 0. The number of hydrogen-bond acceptors (Lipinski definition) is 7. The van der Waals surface area contributed by atoms with Gasteiger partial charge in [0.05, 0.1) is 17.0 Å². The third-order valence-electron chi connectivity index (χ3n) is 6.60. The van der Waals surface area contributed by atoms with Crippen molar-refractivity contribution in [1.82, 2.24) is 4.90 Å². The average molecular weight is 515 g/mol. The van der Waals surface area contributed by atoms with E-state index < -0.39 is 33.0 Å². The molecule has 1 aromatic carbocycles. The predicted molar refractivity (Wildman–Crippen MR) is 135 cm³/mol. The van der Waals surface area contributed by atoms with Crippen LogP contribution >= 0.6 is 10.7 Å². The lowest BCUT2D eigenvalue weighted by Crippen LogP contribution is -2.50. The van der Waals surface area contributed by atoms with E-state index >= 15 is 0 Å². The Morgan fingerprint density at radius 1 is 1.09 bits per heavy atom. The number of carbonyl (C=O) groups excluding carboxylic acids is 1. The van der Waals surface area contributed by atoms with Gasteiger partial charge in [0, 0.05) is 42.5 Å². The lowest BCUT2D eigenvalue weighted by molar-refractivity contribution is 0.00578. The van der Waals surface area contributed by atoms with Crippen molar-refractivity contribution < 1.29 is 27.3 Å². The summed E-state index contributed by atoms with van der Waals surface area (Å²) >= 11 is 0. The monoisotopic (exact) mass is 514 g/mol. The number of benzene rings is 1. The van der Waals surface area contributed by atoms with E-state index in [0.717, 1.165) is 16.7 Å². The summed E-state index contributed by atoms with van der Waals surface area (Å²) in [5.74, 6) is -0.299. The number of piperazine rings is 1. The number of rotatable bonds is 4. The molecule has 11 heteroatoms. The number of ether oxygens (including phenoxy) is 1. The molecule has 8 nitrogen and oxygen atoms in total. The number of carbonyl (C=O) groups is 1. The summed E-state index contributed by atoms with van der Waals surface area (Å²) in [6.07, 6.45) is -0.330. The van der Waals surface area contributed by atoms with E-state index in [1.807, 2.05) is 61.5 Å². The Balaban J connectivity index is 1.90. The zero-order chi connectivity index (χ0) is 25.7. The zero-order valence-electron chi connectivity index (χ0n) is 21.4. The van der Waals surface area contributed by atoms with Gasteiger partial charge in [0.15, 0.2) is 0 Å². The molecule has 2 aliphatic heterocycles. The Morgan fingerprint density at radius 2 is 1.62 bits per heavy atom. The van der Waals surface area contributed by atoms with Crippen LogP contribution < -0.4 is 10.4 Å². The molecule has 0 atom stereocenters. The highest BCUT2D eigenvalue weighted by atomic mass is 35.7. The van der Waals surface area contributed by atoms with Gasteiger partial charge < -0.3 is 23.8 Å². The average Bonchev–Trinajstić information content (AvgIpc) is 2.88. The standard InChI is InChI=1S/C23H36BClN2O6S/c1-16-18(24-32-22(5,6)23(7,8)33-24)13-17(15-34(25,29)30)14-19(16)26-9-11-27(12-10-26)20(28)31-21(2,3)4/h13-14H,9-12,15H2,1-8H3. The van der Waals surface area contributed by atoms with E-state index in [0.29, 0.717) is 31.7 Å². The fourth-order valence-corrected chi connectivity index (χ4v) is 5.01. The van der Waals surface area contributed by atoms with Gasteiger partial charge in [-0.2, -0.15) is 0 Å². The molecule has 0 spiro atoms. The summed E-state index contributed by atoms with van der Waals surface area (Å²) in [4.78, 5) is 16.3. The maximum absolute atomic E-state index is 12.5. The Bertz CT molecular complexity index is 1030. The quantitative estimate of drug-likeness (QED) is 0.449. The Hall–Kier alpha value is -1.49. The van der Waals surface area contributed by atoms with E-state index in [1.165, 1.54) is 0 Å². The minimum Gasteiger partial charge on any atom is -0.444 e. The van der Waals surface area contributed by atoms with E-state index in [2.05, 4.69) is 4.90 Å². The van der Waals surface area contributed by atoms with Crippen LogP contribution in [0.1, 0.15) is 59.6 Å². The Labute approximate surface area is 208 Å². The molecule has 0 N–H and O–H groups in total. The van der Waals surface area contributed by atoms with Crippen molar-refractivity contribution in [3.63, 3.8) is 0 Å². The second kappa shape index (κ2) is 9.19. The molecule has 2 saturated heterocycles. The predicted octanol–water partition coefficient (Wildman–Crippen LogP) is 3.42. The van der Waals surface area contributed by atoms with E-state index in [4.69, 9.17) is 24.7 Å². The number of anilines is 1. The largest absolute Gasteiger partial charge is 0.495 e. The highest BCUT2D eigenvalue weighted by Gasteiger charge is 2.52. The van der Waals surface area contributed by atoms with Crippen LogP contribution in [0.25, 0.3) is 0 Å². The number of halogens is 1. The first-order chi connectivity index (χ1) is 15.4. The normalized spacial score (nSPS) is 20.6. The van der Waals surface area contributed by atoms with Gasteiger partial charge in [0.1, 0.15) is 5.60 Å². The Kier molecular flexibility index (Phi) is 7.33. The highest BCUT2D eigenvalue weighted by molar-refractivity contribution is 8.13. The minimum absolute atomic E-state index is 0.299. The third kappa shape index (κ3) is 6.19. The fourth-order valence-electron chi connectivity index (χ4n) is 4.06. The fraction of sp³-hybridized carbons (Fsp3) is 0.696. The van der Waals surface area contributed by atoms with Gasteiger partial charge in [-0.25, -0.2) is 13.2 Å². The van der Waals surface area contributed by atoms with Crippen LogP contribution in [0.2, 0.25) is 0 Å². The second-order valence-electron chi connectivity index (χ2n) is 11.1. The van der Waals surface area contributed by atoms with Gasteiger partial charge in [-0.05, 0) is 78.0 Å². The molecule has 0 aliphatic carbocycles. The SMILES string of the molecule is Cc1c(B2OC(C)(C)C(C)(C)O2)cc(CS(=O)(=O)Cl)cc1N1CCN(C(=O)OC(C)(C)C)CC1. The number of nitrogens with zero attached hydrogens (tertiary/aromatic N) is 2. The lowest BCUT2D eigenvalue weighted by atomic mass is 9.75. The smallest absolute Gasteiger partial charge is 0.444 e. The van der Waals surface area contributed by atoms with Crippen molar-refractivity contribution in [3.8, 4) is 0 Å². The Morgan fingerprint density at radius 3 is 2.09 bits per heavy atom. The maximum atomic E-state index is 12.5. The summed E-state index contributed by atoms with van der Waals surface area (Å²) in [5.41, 5.74) is 1.56. The molecule has 190 valence electrons. The van der Waals surface area contributed by atoms with Crippen LogP contribution in [0.15, 0.2) is 12.1 Å². The van der Waals surface area contributed by atoms with Crippen molar-refractivity contribution >= 4 is 44.1 Å². The van der Waals surface area contributed by atoms with Gasteiger partial charge in [0.2, 0.25) is 9.05 Å². The molecule has 1 amide bonds. The van der Waals surface area contributed by atoms with Crippen LogP contribution in [0.4, 0.5) is 10.5 Å². The van der Waals surface area contributed by atoms with Crippen molar-refractivity contribution in [2.75, 3.05) is 31.1 Å². The molecule has 0 saturated carbocycles. The first-order valence-corrected chi connectivity index (χ1v) is 14.0. The van der Waals surface area contributed by atoms with Crippen molar-refractivity contribution in [2.45, 2.75) is 77.9 Å².